The molecule has 4 atom stereocenters. The number of rotatable bonds is 6. The van der Waals surface area contributed by atoms with E-state index in [2.05, 4.69) is 13.5 Å². The van der Waals surface area contributed by atoms with Gasteiger partial charge in [-0.3, -0.25) is 0 Å². The normalized spacial score (nSPS) is 29.0. The van der Waals surface area contributed by atoms with Crippen LogP contribution in [0, 0.1) is 5.92 Å². The number of aromatic hydroxyl groups is 1. The van der Waals surface area contributed by atoms with Crippen LogP contribution < -0.4 is 4.74 Å². The molecule has 1 fully saturated rings. The maximum atomic E-state index is 11.9. The number of fused-ring (bicyclic) bond motifs is 3. The molecule has 0 radical (unpaired) electrons. The molecule has 1 saturated carbocycles. The summed E-state index contributed by atoms with van der Waals surface area (Å²) in [6.07, 6.45) is 4.26. The first-order valence-corrected chi connectivity index (χ1v) is 9.85. The maximum Gasteiger partial charge on any atom is 0.339 e. The second kappa shape index (κ2) is 7.19. The molecule has 1 aliphatic carbocycles. The fourth-order valence-corrected chi connectivity index (χ4v) is 4.74. The Morgan fingerprint density at radius 2 is 2.11 bits per heavy atom. The lowest BCUT2D eigenvalue weighted by Crippen LogP contribution is -2.50. The number of aromatic carboxylic acids is 1. The van der Waals surface area contributed by atoms with Crippen molar-refractivity contribution in [2.24, 2.45) is 5.92 Å². The smallest absolute Gasteiger partial charge is 0.339 e. The summed E-state index contributed by atoms with van der Waals surface area (Å²) in [4.78, 5) is 11.9. The van der Waals surface area contributed by atoms with Crippen LogP contribution in [-0.4, -0.2) is 33.0 Å². The number of carbonyl (C=O) groups is 1. The van der Waals surface area contributed by atoms with Crippen molar-refractivity contribution >= 4 is 5.97 Å². The molecule has 0 bridgehead atoms. The van der Waals surface area contributed by atoms with Crippen LogP contribution >= 0.6 is 0 Å². The van der Waals surface area contributed by atoms with Gasteiger partial charge in [-0.2, -0.15) is 0 Å². The van der Waals surface area contributed by atoms with Crippen molar-refractivity contribution in [2.45, 2.75) is 76.9 Å². The van der Waals surface area contributed by atoms with E-state index in [-0.39, 0.29) is 23.1 Å². The second-order valence-electron chi connectivity index (χ2n) is 8.35. The highest BCUT2D eigenvalue weighted by Gasteiger charge is 2.54. The second-order valence-corrected chi connectivity index (χ2v) is 8.35. The van der Waals surface area contributed by atoms with Crippen LogP contribution in [-0.2, 0) is 6.42 Å². The van der Waals surface area contributed by atoms with E-state index in [0.717, 1.165) is 31.3 Å². The van der Waals surface area contributed by atoms with Crippen LogP contribution in [0.3, 0.4) is 0 Å². The van der Waals surface area contributed by atoms with E-state index >= 15 is 0 Å². The number of hydrogen-bond acceptors (Lipinski definition) is 4. The summed E-state index contributed by atoms with van der Waals surface area (Å²) < 4.78 is 6.13. The van der Waals surface area contributed by atoms with Crippen molar-refractivity contribution in [2.75, 3.05) is 0 Å². The Balaban J connectivity index is 2.12. The summed E-state index contributed by atoms with van der Waals surface area (Å²) in [6.45, 7) is 9.86. The first kappa shape index (κ1) is 19.7. The van der Waals surface area contributed by atoms with Gasteiger partial charge in [0.05, 0.1) is 5.60 Å². The molecular formula is C22H30O5. The highest BCUT2D eigenvalue weighted by atomic mass is 16.5. The number of unbranched alkanes of at least 4 members (excludes halogenated alkanes) is 2. The van der Waals surface area contributed by atoms with Gasteiger partial charge in [0.15, 0.2) is 0 Å². The van der Waals surface area contributed by atoms with E-state index in [1.54, 1.807) is 13.0 Å². The summed E-state index contributed by atoms with van der Waals surface area (Å²) in [5, 5.41) is 31.6. The van der Waals surface area contributed by atoms with Crippen molar-refractivity contribution in [3.63, 3.8) is 0 Å². The summed E-state index contributed by atoms with van der Waals surface area (Å²) >= 11 is 0. The van der Waals surface area contributed by atoms with Gasteiger partial charge in [0.1, 0.15) is 23.2 Å². The van der Waals surface area contributed by atoms with Crippen molar-refractivity contribution in [3.05, 3.63) is 34.9 Å². The molecule has 1 heterocycles. The molecule has 1 aromatic carbocycles. The van der Waals surface area contributed by atoms with E-state index in [1.165, 1.54) is 0 Å². The molecule has 3 N–H and O–H groups in total. The van der Waals surface area contributed by atoms with Gasteiger partial charge in [0, 0.05) is 11.5 Å². The van der Waals surface area contributed by atoms with Gasteiger partial charge >= 0.3 is 5.97 Å². The number of phenols is 1. The molecule has 1 aliphatic heterocycles. The Morgan fingerprint density at radius 3 is 2.70 bits per heavy atom. The lowest BCUT2D eigenvalue weighted by molar-refractivity contribution is -0.0824. The average Bonchev–Trinajstić information content (AvgIpc) is 2.95. The Hall–Kier alpha value is -2.01. The number of allylic oxidation sites excluding steroid dienone is 1. The number of carboxylic acids is 1. The standard InChI is InChI=1S/C22H30O5/c1-5-6-7-8-13-11-15-18(19(23)16(13)21(24)25)17-14(12(2)3)9-10-22(4,26)20(17)27-15/h11,14,17,20,23,26H,2,5-10H2,1,3-4H3,(H,24,25)/t14-,17+,20-,22-/m1/s1. The van der Waals surface area contributed by atoms with Gasteiger partial charge in [-0.15, -0.1) is 0 Å². The van der Waals surface area contributed by atoms with Gasteiger partial charge in [0.25, 0.3) is 0 Å². The number of benzene rings is 1. The summed E-state index contributed by atoms with van der Waals surface area (Å²) in [5.74, 6) is -1.07. The maximum absolute atomic E-state index is 11.9. The largest absolute Gasteiger partial charge is 0.507 e. The summed E-state index contributed by atoms with van der Waals surface area (Å²) in [7, 11) is 0. The fraction of sp³-hybridized carbons (Fsp3) is 0.591. The van der Waals surface area contributed by atoms with Gasteiger partial charge in [-0.05, 0) is 57.1 Å². The monoisotopic (exact) mass is 374 g/mol. The lowest BCUT2D eigenvalue weighted by Gasteiger charge is -2.42. The Bertz CT molecular complexity index is 764. The highest BCUT2D eigenvalue weighted by molar-refractivity contribution is 5.94. The Labute approximate surface area is 160 Å². The first-order valence-electron chi connectivity index (χ1n) is 9.85. The molecule has 0 saturated heterocycles. The molecule has 0 spiro atoms. The zero-order valence-corrected chi connectivity index (χ0v) is 16.4. The topological polar surface area (TPSA) is 87.0 Å². The van der Waals surface area contributed by atoms with E-state index < -0.39 is 17.7 Å². The molecule has 5 nitrogen and oxygen atoms in total. The van der Waals surface area contributed by atoms with E-state index in [9.17, 15) is 20.1 Å². The predicted octanol–water partition coefficient (Wildman–Crippen LogP) is 4.40. The molecular weight excluding hydrogens is 344 g/mol. The average molecular weight is 374 g/mol. The van der Waals surface area contributed by atoms with Crippen molar-refractivity contribution in [1.29, 1.82) is 0 Å². The molecule has 148 valence electrons. The minimum Gasteiger partial charge on any atom is -0.507 e. The molecule has 0 unspecified atom stereocenters. The Kier molecular flexibility index (Phi) is 5.26. The molecule has 1 aromatic rings. The van der Waals surface area contributed by atoms with Crippen LogP contribution in [0.5, 0.6) is 11.5 Å². The fourth-order valence-electron chi connectivity index (χ4n) is 4.74. The SMILES string of the molecule is C=C(C)[C@H]1CC[C@@](C)(O)[C@@H]2Oc3cc(CCCCC)c(C(=O)O)c(O)c3[C@H]12. The minimum atomic E-state index is -1.13. The van der Waals surface area contributed by atoms with Crippen molar-refractivity contribution < 1.29 is 24.9 Å². The number of hydrogen-bond donors (Lipinski definition) is 3. The van der Waals surface area contributed by atoms with Crippen molar-refractivity contribution in [1.82, 2.24) is 0 Å². The lowest BCUT2D eigenvalue weighted by atomic mass is 9.66. The third-order valence-electron chi connectivity index (χ3n) is 6.20. The molecule has 27 heavy (non-hydrogen) atoms. The van der Waals surface area contributed by atoms with E-state index in [4.69, 9.17) is 4.74 Å². The first-order chi connectivity index (χ1) is 12.7. The molecule has 3 rings (SSSR count). The van der Waals surface area contributed by atoms with Gasteiger partial charge in [-0.25, -0.2) is 4.79 Å². The zero-order valence-electron chi connectivity index (χ0n) is 16.4. The number of ether oxygens (including phenoxy) is 1. The number of aliphatic hydroxyl groups is 1. The summed E-state index contributed by atoms with van der Waals surface area (Å²) in [5.41, 5.74) is 1.01. The van der Waals surface area contributed by atoms with E-state index in [1.807, 2.05) is 6.92 Å². The van der Waals surface area contributed by atoms with Gasteiger partial charge in [-0.1, -0.05) is 31.9 Å². The van der Waals surface area contributed by atoms with Crippen LogP contribution in [0.25, 0.3) is 0 Å². The van der Waals surface area contributed by atoms with Crippen LogP contribution in [0.2, 0.25) is 0 Å². The predicted molar refractivity (Wildman–Crippen MR) is 104 cm³/mol. The van der Waals surface area contributed by atoms with Crippen LogP contribution in [0.4, 0.5) is 0 Å². The zero-order chi connectivity index (χ0) is 19.9. The van der Waals surface area contributed by atoms with Crippen molar-refractivity contribution in [3.8, 4) is 11.5 Å². The van der Waals surface area contributed by atoms with Gasteiger partial charge in [0.2, 0.25) is 0 Å². The molecule has 0 aromatic heterocycles. The molecule has 0 amide bonds. The molecule has 2 aliphatic rings. The third-order valence-corrected chi connectivity index (χ3v) is 6.20. The highest BCUT2D eigenvalue weighted by Crippen LogP contribution is 2.57. The third kappa shape index (κ3) is 3.33. The summed E-state index contributed by atoms with van der Waals surface area (Å²) in [6, 6.07) is 1.76. The van der Waals surface area contributed by atoms with Crippen LogP contribution in [0.1, 0.15) is 80.3 Å². The van der Waals surface area contributed by atoms with Crippen LogP contribution in [0.15, 0.2) is 18.2 Å². The quantitative estimate of drug-likeness (QED) is 0.507. The minimum absolute atomic E-state index is 0.0280. The van der Waals surface area contributed by atoms with E-state index in [0.29, 0.717) is 29.7 Å². The van der Waals surface area contributed by atoms with Gasteiger partial charge < -0.3 is 20.1 Å². The molecule has 5 heteroatoms. The number of aryl methyl sites for hydroxylation is 1. The Morgan fingerprint density at radius 1 is 1.41 bits per heavy atom. The number of carboxylic acid groups (broad SMARTS) is 1.